The molecule has 4 heteroatoms. The molecule has 0 heterocycles. The molecule has 0 saturated heterocycles. The first-order valence-corrected chi connectivity index (χ1v) is 5.10. The van der Waals surface area contributed by atoms with Crippen LogP contribution < -0.4 is 0 Å². The Morgan fingerprint density at radius 3 is 1.58 bits per heavy atom. The van der Waals surface area contributed by atoms with Crippen LogP contribution in [0.3, 0.4) is 0 Å². The lowest BCUT2D eigenvalue weighted by atomic mass is 10.1. The minimum atomic E-state index is 0.375. The van der Waals surface area contributed by atoms with Crippen molar-refractivity contribution in [3.8, 4) is 0 Å². The third-order valence-electron chi connectivity index (χ3n) is 1.50. The van der Waals surface area contributed by atoms with E-state index >= 15 is 0 Å². The van der Waals surface area contributed by atoms with Gasteiger partial charge in [0.1, 0.15) is 0 Å². The lowest BCUT2D eigenvalue weighted by Gasteiger charge is -2.04. The predicted molar refractivity (Wildman–Crippen MR) is 55.6 cm³/mol. The van der Waals surface area contributed by atoms with E-state index < -0.39 is 0 Å². The van der Waals surface area contributed by atoms with E-state index in [1.165, 1.54) is 0 Å². The standard InChI is InChI=1S/C8H6Cl4/c9-3-5-1-6(4-10)8(12)2-7(5)11/h1-2H,3-4H2. The Balaban J connectivity index is 3.18. The van der Waals surface area contributed by atoms with Crippen LogP contribution in [0, 0.1) is 0 Å². The van der Waals surface area contributed by atoms with Crippen LogP contribution in [-0.4, -0.2) is 0 Å². The van der Waals surface area contributed by atoms with Gasteiger partial charge in [-0.1, -0.05) is 29.3 Å². The molecule has 0 fully saturated rings. The Labute approximate surface area is 91.4 Å². The lowest BCUT2D eigenvalue weighted by Crippen LogP contribution is -1.86. The van der Waals surface area contributed by atoms with Gasteiger partial charge in [-0.3, -0.25) is 0 Å². The molecule has 0 atom stereocenters. The molecular weight excluding hydrogens is 238 g/mol. The zero-order valence-electron chi connectivity index (χ0n) is 6.08. The molecule has 0 radical (unpaired) electrons. The first kappa shape index (κ1) is 10.5. The van der Waals surface area contributed by atoms with Crippen LogP contribution in [0.1, 0.15) is 11.1 Å². The zero-order valence-corrected chi connectivity index (χ0v) is 9.10. The highest BCUT2D eigenvalue weighted by atomic mass is 35.5. The first-order chi connectivity index (χ1) is 5.69. The summed E-state index contributed by atoms with van der Waals surface area (Å²) < 4.78 is 0. The first-order valence-electron chi connectivity index (χ1n) is 3.27. The second-order valence-electron chi connectivity index (χ2n) is 2.30. The summed E-state index contributed by atoms with van der Waals surface area (Å²) in [6, 6.07) is 3.49. The molecule has 0 nitrogen and oxygen atoms in total. The van der Waals surface area contributed by atoms with Gasteiger partial charge >= 0.3 is 0 Å². The van der Waals surface area contributed by atoms with Crippen molar-refractivity contribution in [2.75, 3.05) is 0 Å². The number of alkyl halides is 2. The van der Waals surface area contributed by atoms with E-state index in [0.717, 1.165) is 11.1 Å². The number of hydrogen-bond acceptors (Lipinski definition) is 0. The quantitative estimate of drug-likeness (QED) is 0.673. The molecule has 0 N–H and O–H groups in total. The number of benzene rings is 1. The molecule has 0 spiro atoms. The van der Waals surface area contributed by atoms with E-state index in [4.69, 9.17) is 46.4 Å². The Morgan fingerprint density at radius 1 is 0.833 bits per heavy atom. The lowest BCUT2D eigenvalue weighted by molar-refractivity contribution is 1.32. The van der Waals surface area contributed by atoms with Crippen LogP contribution in [0.2, 0.25) is 10.0 Å². The topological polar surface area (TPSA) is 0 Å². The predicted octanol–water partition coefficient (Wildman–Crippen LogP) is 4.47. The second-order valence-corrected chi connectivity index (χ2v) is 3.65. The van der Waals surface area contributed by atoms with E-state index in [9.17, 15) is 0 Å². The van der Waals surface area contributed by atoms with Crippen molar-refractivity contribution in [1.82, 2.24) is 0 Å². The smallest absolute Gasteiger partial charge is 0.0488 e. The van der Waals surface area contributed by atoms with Crippen LogP contribution in [0.25, 0.3) is 0 Å². The highest BCUT2D eigenvalue weighted by Crippen LogP contribution is 2.27. The summed E-state index contributed by atoms with van der Waals surface area (Å²) >= 11 is 23.0. The minimum absolute atomic E-state index is 0.375. The average molecular weight is 244 g/mol. The molecule has 1 aromatic rings. The monoisotopic (exact) mass is 242 g/mol. The molecule has 0 unspecified atom stereocenters. The molecular formula is C8H6Cl4. The normalized spacial score (nSPS) is 10.3. The average Bonchev–Trinajstić information content (AvgIpc) is 2.05. The summed E-state index contributed by atoms with van der Waals surface area (Å²) in [7, 11) is 0. The van der Waals surface area contributed by atoms with Gasteiger partial charge in [0.2, 0.25) is 0 Å². The third kappa shape index (κ3) is 2.20. The van der Waals surface area contributed by atoms with Gasteiger partial charge in [0, 0.05) is 21.8 Å². The second kappa shape index (κ2) is 4.57. The fourth-order valence-electron chi connectivity index (χ4n) is 0.850. The summed E-state index contributed by atoms with van der Waals surface area (Å²) in [6.45, 7) is 0. The number of halogens is 4. The Hall–Kier alpha value is 0.380. The SMILES string of the molecule is ClCc1cc(CCl)c(Cl)cc1Cl. The largest absolute Gasteiger partial charge is 0.121 e. The summed E-state index contributed by atoms with van der Waals surface area (Å²) in [5.41, 5.74) is 1.72. The maximum atomic E-state index is 5.85. The van der Waals surface area contributed by atoms with Gasteiger partial charge in [0.25, 0.3) is 0 Å². The van der Waals surface area contributed by atoms with Gasteiger partial charge in [0.05, 0.1) is 0 Å². The summed E-state index contributed by atoms with van der Waals surface area (Å²) in [5.74, 6) is 0.750. The van der Waals surface area contributed by atoms with E-state index in [1.54, 1.807) is 6.07 Å². The van der Waals surface area contributed by atoms with Crippen LogP contribution in [0.15, 0.2) is 12.1 Å². The van der Waals surface area contributed by atoms with Crippen LogP contribution in [-0.2, 0) is 11.8 Å². The summed E-state index contributed by atoms with van der Waals surface area (Å²) in [6.07, 6.45) is 0. The zero-order chi connectivity index (χ0) is 9.14. The molecule has 0 aromatic heterocycles. The fraction of sp³-hybridized carbons (Fsp3) is 0.250. The summed E-state index contributed by atoms with van der Waals surface area (Å²) in [5, 5.41) is 1.17. The number of rotatable bonds is 2. The maximum absolute atomic E-state index is 5.85. The molecule has 1 rings (SSSR count). The Morgan fingerprint density at radius 2 is 1.25 bits per heavy atom. The van der Waals surface area contributed by atoms with Crippen LogP contribution >= 0.6 is 46.4 Å². The van der Waals surface area contributed by atoms with Crippen LogP contribution in [0.5, 0.6) is 0 Å². The Bertz CT molecular complexity index is 257. The third-order valence-corrected chi connectivity index (χ3v) is 2.78. The fourth-order valence-corrected chi connectivity index (χ4v) is 1.95. The van der Waals surface area contributed by atoms with Gasteiger partial charge in [-0.2, -0.15) is 0 Å². The Kier molecular flexibility index (Phi) is 3.98. The molecule has 0 saturated carbocycles. The molecule has 12 heavy (non-hydrogen) atoms. The van der Waals surface area contributed by atoms with Gasteiger partial charge in [-0.05, 0) is 17.2 Å². The van der Waals surface area contributed by atoms with Crippen molar-refractivity contribution in [2.24, 2.45) is 0 Å². The molecule has 0 aliphatic heterocycles. The number of hydrogen-bond donors (Lipinski definition) is 0. The van der Waals surface area contributed by atoms with E-state index in [1.807, 2.05) is 6.07 Å². The van der Waals surface area contributed by atoms with Crippen molar-refractivity contribution in [3.63, 3.8) is 0 Å². The van der Waals surface area contributed by atoms with E-state index in [-0.39, 0.29) is 0 Å². The molecule has 0 amide bonds. The van der Waals surface area contributed by atoms with Gasteiger partial charge in [-0.15, -0.1) is 23.2 Å². The van der Waals surface area contributed by atoms with Crippen molar-refractivity contribution in [1.29, 1.82) is 0 Å². The van der Waals surface area contributed by atoms with Crippen molar-refractivity contribution < 1.29 is 0 Å². The van der Waals surface area contributed by atoms with Gasteiger partial charge in [-0.25, -0.2) is 0 Å². The van der Waals surface area contributed by atoms with Gasteiger partial charge < -0.3 is 0 Å². The van der Waals surface area contributed by atoms with Gasteiger partial charge in [0.15, 0.2) is 0 Å². The van der Waals surface area contributed by atoms with Crippen molar-refractivity contribution >= 4 is 46.4 Å². The highest BCUT2D eigenvalue weighted by Gasteiger charge is 2.05. The molecule has 66 valence electrons. The summed E-state index contributed by atoms with van der Waals surface area (Å²) in [4.78, 5) is 0. The van der Waals surface area contributed by atoms with E-state index in [0.29, 0.717) is 21.8 Å². The van der Waals surface area contributed by atoms with Crippen molar-refractivity contribution in [3.05, 3.63) is 33.3 Å². The molecule has 1 aromatic carbocycles. The van der Waals surface area contributed by atoms with Crippen LogP contribution in [0.4, 0.5) is 0 Å². The molecule has 0 aliphatic carbocycles. The minimum Gasteiger partial charge on any atom is -0.121 e. The maximum Gasteiger partial charge on any atom is 0.0488 e. The molecule has 0 aliphatic rings. The highest BCUT2D eigenvalue weighted by molar-refractivity contribution is 6.36. The van der Waals surface area contributed by atoms with Crippen molar-refractivity contribution in [2.45, 2.75) is 11.8 Å². The van der Waals surface area contributed by atoms with E-state index in [2.05, 4.69) is 0 Å². The molecule has 0 bridgehead atoms.